The molecule has 2 aromatic rings. The maximum atomic E-state index is 13.7. The minimum absolute atomic E-state index is 0.0792. The van der Waals surface area contributed by atoms with E-state index in [1.807, 2.05) is 19.1 Å². The molecule has 0 aromatic heterocycles. The van der Waals surface area contributed by atoms with Gasteiger partial charge in [-0.3, -0.25) is 4.57 Å². The van der Waals surface area contributed by atoms with Crippen molar-refractivity contribution in [1.82, 2.24) is 4.31 Å². The van der Waals surface area contributed by atoms with Gasteiger partial charge >= 0.3 is 7.60 Å². The summed E-state index contributed by atoms with van der Waals surface area (Å²) < 4.78 is 58.4. The number of sulfonamides is 1. The molecule has 0 saturated carbocycles. The van der Waals surface area contributed by atoms with Gasteiger partial charge in [-0.25, -0.2) is 8.42 Å². The van der Waals surface area contributed by atoms with Crippen molar-refractivity contribution in [2.75, 3.05) is 26.9 Å². The van der Waals surface area contributed by atoms with Crippen LogP contribution in [0.15, 0.2) is 64.8 Å². The van der Waals surface area contributed by atoms with Gasteiger partial charge in [-0.1, -0.05) is 35.9 Å². The fourth-order valence-corrected chi connectivity index (χ4v) is 7.11. The Kier molecular flexibility index (Phi) is 7.96. The van der Waals surface area contributed by atoms with Gasteiger partial charge in [-0.05, 0) is 57.0 Å². The van der Waals surface area contributed by atoms with Crippen molar-refractivity contribution in [2.45, 2.75) is 38.1 Å². The lowest BCUT2D eigenvalue weighted by atomic mass is 10.0. The SMILES string of the molecule is CCOP(=O)(OCC)C1=CCC(c2ccc(OC)cc2)N(S(=O)(=O)c2ccc(C)cc2)C1. The molecule has 2 aromatic carbocycles. The van der Waals surface area contributed by atoms with Crippen molar-refractivity contribution in [3.8, 4) is 5.75 Å². The van der Waals surface area contributed by atoms with E-state index in [0.717, 1.165) is 11.1 Å². The van der Waals surface area contributed by atoms with Crippen LogP contribution in [0.4, 0.5) is 0 Å². The molecule has 174 valence electrons. The van der Waals surface area contributed by atoms with Gasteiger partial charge in [0.15, 0.2) is 0 Å². The predicted octanol–water partition coefficient (Wildman–Crippen LogP) is 5.29. The molecule has 1 atom stereocenters. The van der Waals surface area contributed by atoms with Crippen LogP contribution in [-0.2, 0) is 23.6 Å². The average Bonchev–Trinajstić information content (AvgIpc) is 2.79. The zero-order valence-electron chi connectivity index (χ0n) is 18.9. The maximum absolute atomic E-state index is 13.7. The van der Waals surface area contributed by atoms with Gasteiger partial charge in [0, 0.05) is 6.54 Å². The van der Waals surface area contributed by atoms with Gasteiger partial charge in [-0.15, -0.1) is 0 Å². The van der Waals surface area contributed by atoms with Crippen LogP contribution in [0.25, 0.3) is 0 Å². The minimum Gasteiger partial charge on any atom is -0.497 e. The summed E-state index contributed by atoms with van der Waals surface area (Å²) in [5.74, 6) is 0.686. The fraction of sp³-hybridized carbons (Fsp3) is 0.391. The topological polar surface area (TPSA) is 82.1 Å². The quantitative estimate of drug-likeness (QED) is 0.455. The first-order valence-corrected chi connectivity index (χ1v) is 13.5. The zero-order valence-corrected chi connectivity index (χ0v) is 20.6. The van der Waals surface area contributed by atoms with Crippen molar-refractivity contribution in [3.05, 3.63) is 71.0 Å². The van der Waals surface area contributed by atoms with Crippen LogP contribution in [0.5, 0.6) is 5.75 Å². The highest BCUT2D eigenvalue weighted by molar-refractivity contribution is 7.89. The summed E-state index contributed by atoms with van der Waals surface area (Å²) in [5, 5.41) is 0.363. The lowest BCUT2D eigenvalue weighted by Crippen LogP contribution is -2.38. The summed E-state index contributed by atoms with van der Waals surface area (Å²) >= 11 is 0. The molecule has 0 spiro atoms. The number of hydrogen-bond acceptors (Lipinski definition) is 6. The zero-order chi connectivity index (χ0) is 23.4. The van der Waals surface area contributed by atoms with Crippen molar-refractivity contribution in [1.29, 1.82) is 0 Å². The minimum atomic E-state index is -3.89. The van der Waals surface area contributed by atoms with Crippen LogP contribution in [0, 0.1) is 6.92 Å². The monoisotopic (exact) mass is 479 g/mol. The van der Waals surface area contributed by atoms with Gasteiger partial charge in [-0.2, -0.15) is 4.31 Å². The Labute approximate surface area is 190 Å². The lowest BCUT2D eigenvalue weighted by Gasteiger charge is -2.36. The maximum Gasteiger partial charge on any atom is 0.358 e. The van der Waals surface area contributed by atoms with Gasteiger partial charge in [0.25, 0.3) is 0 Å². The highest BCUT2D eigenvalue weighted by atomic mass is 32.2. The first-order valence-electron chi connectivity index (χ1n) is 10.6. The molecule has 0 fully saturated rings. The third-order valence-electron chi connectivity index (χ3n) is 5.32. The molecule has 32 heavy (non-hydrogen) atoms. The number of aryl methyl sites for hydroxylation is 1. The van der Waals surface area contributed by atoms with Gasteiger partial charge < -0.3 is 13.8 Å². The summed E-state index contributed by atoms with van der Waals surface area (Å²) in [6.45, 7) is 5.68. The summed E-state index contributed by atoms with van der Waals surface area (Å²) in [6, 6.07) is 13.6. The second-order valence-corrected chi connectivity index (χ2v) is 11.4. The molecule has 0 amide bonds. The lowest BCUT2D eigenvalue weighted by molar-refractivity contribution is 0.221. The molecule has 1 aliphatic heterocycles. The summed E-state index contributed by atoms with van der Waals surface area (Å²) in [4.78, 5) is 0.186. The molecule has 0 N–H and O–H groups in total. The number of nitrogens with zero attached hydrogens (tertiary/aromatic N) is 1. The molecule has 1 unspecified atom stereocenters. The van der Waals surface area contributed by atoms with Crippen LogP contribution in [-0.4, -0.2) is 39.6 Å². The van der Waals surface area contributed by atoms with Crippen LogP contribution in [0.1, 0.15) is 37.4 Å². The molecule has 9 heteroatoms. The number of benzene rings is 2. The standard InChI is InChI=1S/C23H30NO6PS/c1-5-29-31(25,30-6-2)21-13-16-23(19-9-11-20(28-4)12-10-19)24(17-21)32(26,27)22-14-7-18(3)8-15-22/h7-15,23H,5-6,16-17H2,1-4H3. The normalized spacial score (nSPS) is 17.8. The Balaban J connectivity index is 2.07. The smallest absolute Gasteiger partial charge is 0.358 e. The van der Waals surface area contributed by atoms with Crippen molar-refractivity contribution in [2.24, 2.45) is 0 Å². The van der Waals surface area contributed by atoms with E-state index in [4.69, 9.17) is 13.8 Å². The fourth-order valence-electron chi connectivity index (χ4n) is 3.67. The van der Waals surface area contributed by atoms with Crippen LogP contribution in [0.2, 0.25) is 0 Å². The van der Waals surface area contributed by atoms with E-state index in [0.29, 0.717) is 17.5 Å². The summed E-state index contributed by atoms with van der Waals surface area (Å²) in [6.07, 6.45) is 2.14. The summed E-state index contributed by atoms with van der Waals surface area (Å²) in [5.41, 5.74) is 1.78. The first-order chi connectivity index (χ1) is 15.2. The van der Waals surface area contributed by atoms with E-state index in [9.17, 15) is 13.0 Å². The highest BCUT2D eigenvalue weighted by Crippen LogP contribution is 2.58. The van der Waals surface area contributed by atoms with E-state index >= 15 is 0 Å². The molecule has 1 heterocycles. The van der Waals surface area contributed by atoms with Gasteiger partial charge in [0.2, 0.25) is 10.0 Å². The molecule has 7 nitrogen and oxygen atoms in total. The molecule has 3 rings (SSSR count). The van der Waals surface area contributed by atoms with E-state index in [1.165, 1.54) is 4.31 Å². The van der Waals surface area contributed by atoms with E-state index in [2.05, 4.69) is 0 Å². The van der Waals surface area contributed by atoms with Crippen LogP contribution >= 0.6 is 7.60 Å². The van der Waals surface area contributed by atoms with Gasteiger partial charge in [0.1, 0.15) is 5.75 Å². The first kappa shape index (κ1) is 24.7. The Hall–Kier alpha value is -1.96. The third-order valence-corrected chi connectivity index (χ3v) is 9.41. The third kappa shape index (κ3) is 5.16. The number of rotatable bonds is 9. The van der Waals surface area contributed by atoms with Crippen LogP contribution in [0.3, 0.4) is 0 Å². The average molecular weight is 480 g/mol. The number of methoxy groups -OCH3 is 1. The van der Waals surface area contributed by atoms with E-state index < -0.39 is 23.7 Å². The Bertz CT molecular complexity index is 1090. The highest BCUT2D eigenvalue weighted by Gasteiger charge is 2.41. The number of hydrogen-bond donors (Lipinski definition) is 0. The second kappa shape index (κ2) is 10.3. The van der Waals surface area contributed by atoms with E-state index in [-0.39, 0.29) is 24.7 Å². The Morgan fingerprint density at radius 1 is 1.00 bits per heavy atom. The van der Waals surface area contributed by atoms with E-state index in [1.54, 1.807) is 63.4 Å². The molecule has 0 radical (unpaired) electrons. The molecule has 0 aliphatic carbocycles. The molecule has 0 saturated heterocycles. The molecule has 0 bridgehead atoms. The van der Waals surface area contributed by atoms with Gasteiger partial charge in [0.05, 0.1) is 36.6 Å². The molecular formula is C23H30NO6PS. The second-order valence-electron chi connectivity index (χ2n) is 7.42. The van der Waals surface area contributed by atoms with Crippen LogP contribution < -0.4 is 4.74 Å². The molecule has 1 aliphatic rings. The largest absolute Gasteiger partial charge is 0.497 e. The number of ether oxygens (including phenoxy) is 1. The van der Waals surface area contributed by atoms with Crippen molar-refractivity contribution < 1.29 is 26.8 Å². The Morgan fingerprint density at radius 3 is 2.12 bits per heavy atom. The van der Waals surface area contributed by atoms with Crippen molar-refractivity contribution in [3.63, 3.8) is 0 Å². The predicted molar refractivity (Wildman–Crippen MR) is 124 cm³/mol. The summed E-state index contributed by atoms with van der Waals surface area (Å²) in [7, 11) is -5.90. The Morgan fingerprint density at radius 2 is 1.59 bits per heavy atom. The van der Waals surface area contributed by atoms with Crippen molar-refractivity contribution >= 4 is 17.6 Å². The molecular weight excluding hydrogens is 449 g/mol.